The van der Waals surface area contributed by atoms with Gasteiger partial charge in [0.1, 0.15) is 0 Å². The Labute approximate surface area is 75.9 Å². The summed E-state index contributed by atoms with van der Waals surface area (Å²) in [5.41, 5.74) is 0.658. The second-order valence-corrected chi connectivity index (χ2v) is 3.29. The van der Waals surface area contributed by atoms with Crippen molar-refractivity contribution in [3.8, 4) is 0 Å². The molecular weight excluding hydrogens is 172 g/mol. The van der Waals surface area contributed by atoms with Crippen molar-refractivity contribution in [2.45, 2.75) is 19.8 Å². The van der Waals surface area contributed by atoms with Gasteiger partial charge in [0.25, 0.3) is 0 Å². The summed E-state index contributed by atoms with van der Waals surface area (Å²) < 4.78 is 0. The lowest BCUT2D eigenvalue weighted by molar-refractivity contribution is -0.152. The van der Waals surface area contributed by atoms with Gasteiger partial charge in [0.05, 0.1) is 11.8 Å². The number of allylic oxidation sites excluding steroid dienone is 1. The Hall–Kier alpha value is -1.32. The van der Waals surface area contributed by atoms with Crippen LogP contribution >= 0.6 is 0 Å². The molecule has 0 spiro atoms. The van der Waals surface area contributed by atoms with E-state index in [0.717, 1.165) is 0 Å². The molecule has 1 aliphatic carbocycles. The van der Waals surface area contributed by atoms with Crippen LogP contribution in [0.1, 0.15) is 19.8 Å². The summed E-state index contributed by atoms with van der Waals surface area (Å²) in [7, 11) is 0. The lowest BCUT2D eigenvalue weighted by atomic mass is 9.79. The third-order valence-corrected chi connectivity index (χ3v) is 2.42. The van der Waals surface area contributed by atoms with Crippen molar-refractivity contribution < 1.29 is 19.8 Å². The summed E-state index contributed by atoms with van der Waals surface area (Å²) >= 11 is 0. The number of hydrogen-bond donors (Lipinski definition) is 2. The van der Waals surface area contributed by atoms with Crippen molar-refractivity contribution in [2.24, 2.45) is 11.8 Å². The maximum Gasteiger partial charge on any atom is 0.311 e. The maximum atomic E-state index is 10.8. The Balaban J connectivity index is 2.93. The van der Waals surface area contributed by atoms with Gasteiger partial charge in [-0.3, -0.25) is 9.59 Å². The summed E-state index contributed by atoms with van der Waals surface area (Å²) in [5.74, 6) is -3.66. The van der Waals surface area contributed by atoms with Gasteiger partial charge in [0.15, 0.2) is 0 Å². The fourth-order valence-corrected chi connectivity index (χ4v) is 1.73. The quantitative estimate of drug-likeness (QED) is 0.631. The van der Waals surface area contributed by atoms with Crippen molar-refractivity contribution in [1.29, 1.82) is 0 Å². The second-order valence-electron chi connectivity index (χ2n) is 3.29. The maximum absolute atomic E-state index is 10.8. The molecule has 1 aliphatic rings. The van der Waals surface area contributed by atoms with E-state index < -0.39 is 23.8 Å². The third-order valence-electron chi connectivity index (χ3n) is 2.42. The standard InChI is InChI=1S/C9H12O4/c1-5-3-2-4-6(8(10)11)7(5)9(12)13/h3,6-7H,2,4H2,1H3,(H,10,11)(H,12,13). The summed E-state index contributed by atoms with van der Waals surface area (Å²) in [6, 6.07) is 0. The summed E-state index contributed by atoms with van der Waals surface area (Å²) in [6.07, 6.45) is 2.88. The van der Waals surface area contributed by atoms with Gasteiger partial charge in [-0.2, -0.15) is 0 Å². The topological polar surface area (TPSA) is 74.6 Å². The molecule has 0 saturated carbocycles. The van der Waals surface area contributed by atoms with Crippen LogP contribution in [0.4, 0.5) is 0 Å². The predicted molar refractivity (Wildman–Crippen MR) is 45.2 cm³/mol. The van der Waals surface area contributed by atoms with Crippen LogP contribution in [0.2, 0.25) is 0 Å². The average molecular weight is 184 g/mol. The summed E-state index contributed by atoms with van der Waals surface area (Å²) in [5, 5.41) is 17.6. The van der Waals surface area contributed by atoms with Gasteiger partial charge in [0.2, 0.25) is 0 Å². The van der Waals surface area contributed by atoms with Gasteiger partial charge in [-0.05, 0) is 19.8 Å². The number of carbonyl (C=O) groups is 2. The Morgan fingerprint density at radius 1 is 1.38 bits per heavy atom. The van der Waals surface area contributed by atoms with Gasteiger partial charge in [-0.25, -0.2) is 0 Å². The molecule has 1 rings (SSSR count). The zero-order valence-electron chi connectivity index (χ0n) is 7.36. The van der Waals surface area contributed by atoms with Crippen LogP contribution in [-0.4, -0.2) is 22.2 Å². The minimum absolute atomic E-state index is 0.420. The monoisotopic (exact) mass is 184 g/mol. The van der Waals surface area contributed by atoms with Gasteiger partial charge in [-0.1, -0.05) is 11.6 Å². The first-order chi connectivity index (χ1) is 6.04. The Morgan fingerprint density at radius 3 is 2.38 bits per heavy atom. The van der Waals surface area contributed by atoms with E-state index in [0.29, 0.717) is 18.4 Å². The first-order valence-corrected chi connectivity index (χ1v) is 4.16. The van der Waals surface area contributed by atoms with Crippen LogP contribution < -0.4 is 0 Å². The van der Waals surface area contributed by atoms with Crippen LogP contribution in [0.3, 0.4) is 0 Å². The molecule has 13 heavy (non-hydrogen) atoms. The van der Waals surface area contributed by atoms with Crippen LogP contribution in [0.15, 0.2) is 11.6 Å². The normalized spacial score (nSPS) is 27.9. The van der Waals surface area contributed by atoms with Gasteiger partial charge >= 0.3 is 11.9 Å². The number of aliphatic carboxylic acids is 2. The second kappa shape index (κ2) is 3.60. The number of carboxylic acid groups (broad SMARTS) is 2. The van der Waals surface area contributed by atoms with E-state index >= 15 is 0 Å². The fraction of sp³-hybridized carbons (Fsp3) is 0.556. The zero-order valence-corrected chi connectivity index (χ0v) is 7.36. The molecule has 0 aromatic heterocycles. The third kappa shape index (κ3) is 1.88. The molecule has 0 saturated heterocycles. The van der Waals surface area contributed by atoms with E-state index in [1.807, 2.05) is 0 Å². The highest BCUT2D eigenvalue weighted by Crippen LogP contribution is 2.30. The van der Waals surface area contributed by atoms with Crippen LogP contribution in [0, 0.1) is 11.8 Å². The Kier molecular flexibility index (Phi) is 2.70. The molecule has 0 aromatic rings. The van der Waals surface area contributed by atoms with E-state index in [4.69, 9.17) is 10.2 Å². The lowest BCUT2D eigenvalue weighted by Crippen LogP contribution is -2.32. The summed E-state index contributed by atoms with van der Waals surface area (Å²) in [4.78, 5) is 21.5. The molecule has 0 heterocycles. The molecule has 0 aliphatic heterocycles. The largest absolute Gasteiger partial charge is 0.481 e. The van der Waals surface area contributed by atoms with E-state index in [1.54, 1.807) is 13.0 Å². The van der Waals surface area contributed by atoms with Crippen molar-refractivity contribution >= 4 is 11.9 Å². The van der Waals surface area contributed by atoms with Crippen LogP contribution in [-0.2, 0) is 9.59 Å². The summed E-state index contributed by atoms with van der Waals surface area (Å²) in [6.45, 7) is 1.67. The molecule has 2 atom stereocenters. The smallest absolute Gasteiger partial charge is 0.311 e. The SMILES string of the molecule is CC1=CCCC(C(=O)O)C1C(=O)O. The number of carboxylic acids is 2. The van der Waals surface area contributed by atoms with Crippen LogP contribution in [0.5, 0.6) is 0 Å². The highest BCUT2D eigenvalue weighted by Gasteiger charge is 2.36. The van der Waals surface area contributed by atoms with E-state index in [9.17, 15) is 9.59 Å². The molecule has 2 N–H and O–H groups in total. The van der Waals surface area contributed by atoms with Crippen LogP contribution in [0.25, 0.3) is 0 Å². The fourth-order valence-electron chi connectivity index (χ4n) is 1.73. The van der Waals surface area contributed by atoms with Gasteiger partial charge in [0, 0.05) is 0 Å². The van der Waals surface area contributed by atoms with Crippen molar-refractivity contribution in [3.63, 3.8) is 0 Å². The minimum atomic E-state index is -1.04. The highest BCUT2D eigenvalue weighted by atomic mass is 16.4. The number of hydrogen-bond acceptors (Lipinski definition) is 2. The number of rotatable bonds is 2. The first-order valence-electron chi connectivity index (χ1n) is 4.16. The zero-order chi connectivity index (χ0) is 10.0. The Bertz CT molecular complexity index is 267. The van der Waals surface area contributed by atoms with Crippen molar-refractivity contribution in [2.75, 3.05) is 0 Å². The lowest BCUT2D eigenvalue weighted by Gasteiger charge is -2.24. The Morgan fingerprint density at radius 2 is 2.00 bits per heavy atom. The molecule has 2 unspecified atom stereocenters. The average Bonchev–Trinajstić information content (AvgIpc) is 2.02. The molecule has 4 nitrogen and oxygen atoms in total. The van der Waals surface area contributed by atoms with Gasteiger partial charge in [-0.15, -0.1) is 0 Å². The minimum Gasteiger partial charge on any atom is -0.481 e. The predicted octanol–water partition coefficient (Wildman–Crippen LogP) is 1.13. The molecule has 4 heteroatoms. The molecule has 0 fully saturated rings. The van der Waals surface area contributed by atoms with Gasteiger partial charge < -0.3 is 10.2 Å². The molecular formula is C9H12O4. The highest BCUT2D eigenvalue weighted by molar-refractivity contribution is 5.82. The molecule has 0 radical (unpaired) electrons. The van der Waals surface area contributed by atoms with E-state index in [-0.39, 0.29) is 0 Å². The van der Waals surface area contributed by atoms with Crippen molar-refractivity contribution in [1.82, 2.24) is 0 Å². The first kappa shape index (κ1) is 9.77. The molecule has 0 bridgehead atoms. The van der Waals surface area contributed by atoms with Crippen molar-refractivity contribution in [3.05, 3.63) is 11.6 Å². The molecule has 72 valence electrons. The molecule has 0 amide bonds. The van der Waals surface area contributed by atoms with E-state index in [2.05, 4.69) is 0 Å². The molecule has 0 aromatic carbocycles. The van der Waals surface area contributed by atoms with E-state index in [1.165, 1.54) is 0 Å².